The molecule has 0 aliphatic heterocycles. The molecule has 0 atom stereocenters. The Hall–Kier alpha value is -2.02. The quantitative estimate of drug-likeness (QED) is 0.598. The maximum absolute atomic E-state index is 10.9. The number of carboxylic acid groups (broad SMARTS) is 1. The van der Waals surface area contributed by atoms with Crippen LogP contribution in [0.4, 0.5) is 5.82 Å². The van der Waals surface area contributed by atoms with Crippen LogP contribution in [0.3, 0.4) is 0 Å². The maximum atomic E-state index is 10.9. The third-order valence-corrected chi connectivity index (χ3v) is 1.98. The lowest BCUT2D eigenvalue weighted by atomic mass is 10.2. The molecule has 0 fully saturated rings. The molecule has 1 rings (SSSR count). The van der Waals surface area contributed by atoms with E-state index in [1.165, 1.54) is 0 Å². The summed E-state index contributed by atoms with van der Waals surface area (Å²) in [7, 11) is 0. The number of carbonyl (C=O) groups is 1. The molecule has 2 N–H and O–H groups in total. The average Bonchev–Trinajstić information content (AvgIpc) is 2.24. The van der Waals surface area contributed by atoms with Gasteiger partial charge >= 0.3 is 5.97 Å². The fraction of sp³-hybridized carbons (Fsp3) is 0.333. The van der Waals surface area contributed by atoms with Crippen molar-refractivity contribution in [3.63, 3.8) is 0 Å². The standard InChI is InChI=1S/C12H14N2O2/c1-3-4-5-8-13-11-10(12(15)16)7-6-9(2)14-11/h6-7H,5,8H2,1-2H3,(H,13,14)(H,15,16). The summed E-state index contributed by atoms with van der Waals surface area (Å²) in [6.07, 6.45) is 0.672. The second-order valence-electron chi connectivity index (χ2n) is 3.26. The number of hydrogen-bond acceptors (Lipinski definition) is 3. The van der Waals surface area contributed by atoms with E-state index in [-0.39, 0.29) is 5.56 Å². The molecule has 0 saturated carbocycles. The molecular weight excluding hydrogens is 204 g/mol. The zero-order chi connectivity index (χ0) is 12.0. The van der Waals surface area contributed by atoms with E-state index >= 15 is 0 Å². The highest BCUT2D eigenvalue weighted by molar-refractivity contribution is 5.93. The molecule has 0 amide bonds. The maximum Gasteiger partial charge on any atom is 0.339 e. The fourth-order valence-corrected chi connectivity index (χ4v) is 1.23. The first-order valence-electron chi connectivity index (χ1n) is 4.99. The van der Waals surface area contributed by atoms with Crippen LogP contribution >= 0.6 is 0 Å². The Morgan fingerprint density at radius 1 is 1.56 bits per heavy atom. The van der Waals surface area contributed by atoms with Gasteiger partial charge < -0.3 is 10.4 Å². The van der Waals surface area contributed by atoms with E-state index in [0.29, 0.717) is 18.8 Å². The van der Waals surface area contributed by atoms with Gasteiger partial charge in [0.25, 0.3) is 0 Å². The van der Waals surface area contributed by atoms with Gasteiger partial charge in [0.05, 0.1) is 0 Å². The van der Waals surface area contributed by atoms with Gasteiger partial charge in [0.15, 0.2) is 0 Å². The van der Waals surface area contributed by atoms with Crippen LogP contribution in [0.2, 0.25) is 0 Å². The summed E-state index contributed by atoms with van der Waals surface area (Å²) in [5.41, 5.74) is 0.976. The third-order valence-electron chi connectivity index (χ3n) is 1.98. The smallest absolute Gasteiger partial charge is 0.339 e. The van der Waals surface area contributed by atoms with Crippen molar-refractivity contribution in [3.8, 4) is 11.8 Å². The van der Waals surface area contributed by atoms with Crippen LogP contribution in [0.15, 0.2) is 12.1 Å². The van der Waals surface area contributed by atoms with Crippen LogP contribution < -0.4 is 5.32 Å². The van der Waals surface area contributed by atoms with Crippen molar-refractivity contribution < 1.29 is 9.90 Å². The molecule has 0 aliphatic carbocycles. The number of aromatic carboxylic acids is 1. The van der Waals surface area contributed by atoms with Crippen molar-refractivity contribution in [2.24, 2.45) is 0 Å². The Kier molecular flexibility index (Phi) is 4.34. The minimum Gasteiger partial charge on any atom is -0.478 e. The highest BCUT2D eigenvalue weighted by Crippen LogP contribution is 2.13. The lowest BCUT2D eigenvalue weighted by Gasteiger charge is -2.07. The van der Waals surface area contributed by atoms with Gasteiger partial charge in [-0.15, -0.1) is 11.8 Å². The summed E-state index contributed by atoms with van der Waals surface area (Å²) in [6, 6.07) is 3.24. The van der Waals surface area contributed by atoms with Crippen LogP contribution in [0.1, 0.15) is 29.4 Å². The Balaban J connectivity index is 2.78. The molecule has 0 unspecified atom stereocenters. The van der Waals surface area contributed by atoms with Crippen LogP contribution in [-0.2, 0) is 0 Å². The lowest BCUT2D eigenvalue weighted by molar-refractivity contribution is 0.0697. The highest BCUT2D eigenvalue weighted by Gasteiger charge is 2.10. The SMILES string of the molecule is CC#CCCNc1nc(C)ccc1C(=O)O. The molecule has 1 aromatic heterocycles. The van der Waals surface area contributed by atoms with Crippen molar-refractivity contribution in [1.29, 1.82) is 0 Å². The Morgan fingerprint density at radius 2 is 2.31 bits per heavy atom. The van der Waals surface area contributed by atoms with Gasteiger partial charge in [0, 0.05) is 18.7 Å². The van der Waals surface area contributed by atoms with Crippen LogP contribution in [0.25, 0.3) is 0 Å². The molecule has 84 valence electrons. The fourth-order valence-electron chi connectivity index (χ4n) is 1.23. The predicted molar refractivity (Wildman–Crippen MR) is 62.5 cm³/mol. The van der Waals surface area contributed by atoms with E-state index in [1.807, 2.05) is 6.92 Å². The van der Waals surface area contributed by atoms with Gasteiger partial charge in [0.2, 0.25) is 0 Å². The first-order valence-corrected chi connectivity index (χ1v) is 4.99. The van der Waals surface area contributed by atoms with Gasteiger partial charge in [-0.05, 0) is 26.0 Å². The largest absolute Gasteiger partial charge is 0.478 e. The summed E-state index contributed by atoms with van der Waals surface area (Å²) in [6.45, 7) is 4.19. The van der Waals surface area contributed by atoms with Gasteiger partial charge in [-0.2, -0.15) is 0 Å². The Bertz CT molecular complexity index is 444. The van der Waals surface area contributed by atoms with Crippen molar-refractivity contribution in [3.05, 3.63) is 23.4 Å². The van der Waals surface area contributed by atoms with Gasteiger partial charge in [-0.25, -0.2) is 9.78 Å². The van der Waals surface area contributed by atoms with Gasteiger partial charge in [-0.1, -0.05) is 0 Å². The second-order valence-corrected chi connectivity index (χ2v) is 3.26. The number of carboxylic acids is 1. The van der Waals surface area contributed by atoms with Crippen molar-refractivity contribution in [2.75, 3.05) is 11.9 Å². The molecule has 0 spiro atoms. The molecule has 0 saturated heterocycles. The Labute approximate surface area is 94.7 Å². The number of rotatable bonds is 4. The Morgan fingerprint density at radius 3 is 2.94 bits per heavy atom. The number of nitrogens with zero attached hydrogens (tertiary/aromatic N) is 1. The van der Waals surface area contributed by atoms with Crippen molar-refractivity contribution >= 4 is 11.8 Å². The summed E-state index contributed by atoms with van der Waals surface area (Å²) >= 11 is 0. The summed E-state index contributed by atoms with van der Waals surface area (Å²) < 4.78 is 0. The van der Waals surface area contributed by atoms with E-state index in [1.54, 1.807) is 19.1 Å². The normalized spacial score (nSPS) is 9.12. The summed E-state index contributed by atoms with van der Waals surface area (Å²) in [5, 5.41) is 11.9. The van der Waals surface area contributed by atoms with Gasteiger partial charge in [0.1, 0.15) is 11.4 Å². The molecule has 16 heavy (non-hydrogen) atoms. The molecule has 0 bridgehead atoms. The molecule has 4 heteroatoms. The minimum atomic E-state index is -0.975. The number of hydrogen-bond donors (Lipinski definition) is 2. The van der Waals surface area contributed by atoms with Gasteiger partial charge in [-0.3, -0.25) is 0 Å². The first-order chi connectivity index (χ1) is 7.65. The number of aryl methyl sites for hydroxylation is 1. The third kappa shape index (κ3) is 3.28. The molecule has 0 radical (unpaired) electrons. The molecule has 4 nitrogen and oxygen atoms in total. The zero-order valence-corrected chi connectivity index (χ0v) is 9.37. The molecular formula is C12H14N2O2. The summed E-state index contributed by atoms with van der Waals surface area (Å²) in [4.78, 5) is 15.1. The second kappa shape index (κ2) is 5.76. The number of pyridine rings is 1. The number of aromatic nitrogens is 1. The highest BCUT2D eigenvalue weighted by atomic mass is 16.4. The average molecular weight is 218 g/mol. The zero-order valence-electron chi connectivity index (χ0n) is 9.37. The monoisotopic (exact) mass is 218 g/mol. The van der Waals surface area contributed by atoms with Crippen molar-refractivity contribution in [1.82, 2.24) is 4.98 Å². The van der Waals surface area contributed by atoms with Crippen LogP contribution in [0.5, 0.6) is 0 Å². The number of nitrogens with one attached hydrogen (secondary N) is 1. The topological polar surface area (TPSA) is 62.2 Å². The van der Waals surface area contributed by atoms with E-state index in [4.69, 9.17) is 5.11 Å². The molecule has 1 heterocycles. The van der Waals surface area contributed by atoms with Crippen molar-refractivity contribution in [2.45, 2.75) is 20.3 Å². The van der Waals surface area contributed by atoms with E-state index in [2.05, 4.69) is 22.1 Å². The van der Waals surface area contributed by atoms with E-state index < -0.39 is 5.97 Å². The van der Waals surface area contributed by atoms with E-state index in [0.717, 1.165) is 5.69 Å². The minimum absolute atomic E-state index is 0.190. The number of anilines is 1. The summed E-state index contributed by atoms with van der Waals surface area (Å²) in [5.74, 6) is 5.10. The molecule has 0 aromatic carbocycles. The van der Waals surface area contributed by atoms with E-state index in [9.17, 15) is 4.79 Å². The van der Waals surface area contributed by atoms with Crippen LogP contribution in [-0.4, -0.2) is 22.6 Å². The van der Waals surface area contributed by atoms with Crippen LogP contribution in [0, 0.1) is 18.8 Å². The molecule has 0 aliphatic rings. The lowest BCUT2D eigenvalue weighted by Crippen LogP contribution is -2.09. The molecule has 1 aromatic rings. The first kappa shape index (κ1) is 12.1. The predicted octanol–water partition coefficient (Wildman–Crippen LogP) is 1.91.